The van der Waals surface area contributed by atoms with Gasteiger partial charge in [0.2, 0.25) is 5.82 Å². The zero-order valence-electron chi connectivity index (χ0n) is 13.9. The zero-order valence-corrected chi connectivity index (χ0v) is 13.9. The maximum atomic E-state index is 12.6. The first-order valence-corrected chi connectivity index (χ1v) is 7.72. The second-order valence-corrected chi connectivity index (χ2v) is 5.63. The normalized spacial score (nSPS) is 12.6. The van der Waals surface area contributed by atoms with Crippen LogP contribution in [0.25, 0.3) is 11.4 Å². The van der Waals surface area contributed by atoms with Crippen molar-refractivity contribution in [2.75, 3.05) is 5.32 Å². The highest BCUT2D eigenvalue weighted by molar-refractivity contribution is 5.83. The molecule has 2 aromatic heterocycles. The minimum Gasteiger partial charge on any atom is -0.465 e. The van der Waals surface area contributed by atoms with Crippen LogP contribution in [0.1, 0.15) is 30.0 Å². The quantitative estimate of drug-likeness (QED) is 0.698. The fraction of sp³-hybridized carbons (Fsp3) is 0.176. The van der Waals surface area contributed by atoms with Crippen molar-refractivity contribution in [3.8, 4) is 11.4 Å². The Morgan fingerprint density at radius 1 is 1.22 bits per heavy atom. The number of alkyl halides is 3. The van der Waals surface area contributed by atoms with Crippen molar-refractivity contribution in [1.82, 2.24) is 15.1 Å². The van der Waals surface area contributed by atoms with E-state index < -0.39 is 18.2 Å². The number of halogens is 3. The van der Waals surface area contributed by atoms with E-state index in [1.807, 2.05) is 6.92 Å². The Bertz CT molecular complexity index is 955. The molecule has 1 atom stereocenters. The van der Waals surface area contributed by atoms with Gasteiger partial charge >= 0.3 is 18.2 Å². The lowest BCUT2D eigenvalue weighted by Gasteiger charge is -2.15. The second kappa shape index (κ2) is 7.06. The fourth-order valence-electron chi connectivity index (χ4n) is 2.52. The molecule has 3 aromatic rings. The summed E-state index contributed by atoms with van der Waals surface area (Å²) < 4.78 is 41.9. The lowest BCUT2D eigenvalue weighted by Crippen LogP contribution is -2.12. The van der Waals surface area contributed by atoms with E-state index in [-0.39, 0.29) is 11.7 Å². The van der Waals surface area contributed by atoms with Crippen LogP contribution in [0.3, 0.4) is 0 Å². The second-order valence-electron chi connectivity index (χ2n) is 5.63. The third-order valence-electron chi connectivity index (χ3n) is 3.83. The Balaban J connectivity index is 1.85. The van der Waals surface area contributed by atoms with Crippen molar-refractivity contribution in [2.24, 2.45) is 0 Å². The van der Waals surface area contributed by atoms with Crippen molar-refractivity contribution in [3.05, 3.63) is 59.7 Å². The average molecular weight is 378 g/mol. The third kappa shape index (κ3) is 4.05. The van der Waals surface area contributed by atoms with E-state index >= 15 is 0 Å². The molecule has 0 spiro atoms. The summed E-state index contributed by atoms with van der Waals surface area (Å²) in [5, 5.41) is 14.6. The molecule has 0 aliphatic heterocycles. The number of nitrogens with zero attached hydrogens (tertiary/aromatic N) is 3. The molecule has 3 rings (SSSR count). The molecule has 1 aromatic carbocycles. The van der Waals surface area contributed by atoms with Gasteiger partial charge in [0.05, 0.1) is 11.4 Å². The van der Waals surface area contributed by atoms with Crippen LogP contribution in [0.2, 0.25) is 0 Å². The summed E-state index contributed by atoms with van der Waals surface area (Å²) in [5.41, 5.74) is 2.02. The molecule has 140 valence electrons. The Morgan fingerprint density at radius 3 is 2.52 bits per heavy atom. The predicted octanol–water partition coefficient (Wildman–Crippen LogP) is 4.39. The third-order valence-corrected chi connectivity index (χ3v) is 3.83. The van der Waals surface area contributed by atoms with Gasteiger partial charge in [-0.1, -0.05) is 36.3 Å². The first-order valence-electron chi connectivity index (χ1n) is 7.72. The van der Waals surface area contributed by atoms with E-state index in [9.17, 15) is 18.0 Å². The van der Waals surface area contributed by atoms with Crippen LogP contribution in [0.5, 0.6) is 0 Å². The molecule has 2 heterocycles. The van der Waals surface area contributed by atoms with Gasteiger partial charge in [-0.25, -0.2) is 4.79 Å². The largest absolute Gasteiger partial charge is 0.471 e. The molecular weight excluding hydrogens is 365 g/mol. The first-order chi connectivity index (χ1) is 12.8. The van der Waals surface area contributed by atoms with Crippen LogP contribution >= 0.6 is 0 Å². The van der Waals surface area contributed by atoms with Crippen LogP contribution in [0.4, 0.5) is 23.7 Å². The highest BCUT2D eigenvalue weighted by atomic mass is 19.4. The molecule has 2 N–H and O–H groups in total. The Hall–Kier alpha value is -3.43. The fourth-order valence-corrected chi connectivity index (χ4v) is 2.52. The Labute approximate surface area is 150 Å². The Morgan fingerprint density at radius 2 is 1.93 bits per heavy atom. The number of benzene rings is 1. The van der Waals surface area contributed by atoms with E-state index in [0.717, 1.165) is 5.56 Å². The van der Waals surface area contributed by atoms with Gasteiger partial charge < -0.3 is 9.63 Å². The highest BCUT2D eigenvalue weighted by Crippen LogP contribution is 2.31. The van der Waals surface area contributed by atoms with E-state index in [4.69, 9.17) is 5.11 Å². The number of rotatable bonds is 4. The molecule has 1 amide bonds. The summed E-state index contributed by atoms with van der Waals surface area (Å²) in [6.45, 7) is 1.83. The van der Waals surface area contributed by atoms with Crippen molar-refractivity contribution in [1.29, 1.82) is 0 Å². The summed E-state index contributed by atoms with van der Waals surface area (Å²) in [5.74, 6) is -1.85. The number of aromatic nitrogens is 3. The topological polar surface area (TPSA) is 101 Å². The molecule has 1 unspecified atom stereocenters. The maximum absolute atomic E-state index is 12.6. The lowest BCUT2D eigenvalue weighted by atomic mass is 9.95. The molecule has 10 heteroatoms. The Kier molecular flexibility index (Phi) is 4.80. The van der Waals surface area contributed by atoms with Gasteiger partial charge in [-0.05, 0) is 17.7 Å². The van der Waals surface area contributed by atoms with Crippen LogP contribution in [0.15, 0.2) is 47.1 Å². The predicted molar refractivity (Wildman–Crippen MR) is 88.1 cm³/mol. The van der Waals surface area contributed by atoms with Gasteiger partial charge in [-0.3, -0.25) is 10.3 Å². The number of anilines is 1. The highest BCUT2D eigenvalue weighted by Gasteiger charge is 2.38. The van der Waals surface area contributed by atoms with Crippen LogP contribution in [-0.2, 0) is 6.18 Å². The van der Waals surface area contributed by atoms with E-state index in [1.165, 1.54) is 0 Å². The summed E-state index contributed by atoms with van der Waals surface area (Å²) in [4.78, 5) is 18.5. The molecule has 0 fully saturated rings. The minimum atomic E-state index is -4.70. The number of carbonyl (C=O) groups is 1. The standard InChI is InChI=1S/C17H13F3N4O3/c1-9(13-12(22-16(25)26)3-2-8-21-13)10-4-6-11(7-5-10)14-23-15(27-24-14)17(18,19)20/h2-9,22H,1H3,(H,25,26). The van der Waals surface area contributed by atoms with Crippen molar-refractivity contribution in [2.45, 2.75) is 19.0 Å². The smallest absolute Gasteiger partial charge is 0.465 e. The molecular formula is C17H13F3N4O3. The first kappa shape index (κ1) is 18.4. The zero-order chi connectivity index (χ0) is 19.6. The van der Waals surface area contributed by atoms with Gasteiger partial charge in [0, 0.05) is 17.7 Å². The molecule has 0 aliphatic carbocycles. The van der Waals surface area contributed by atoms with Gasteiger partial charge in [0.1, 0.15) is 0 Å². The lowest BCUT2D eigenvalue weighted by molar-refractivity contribution is -0.159. The number of carboxylic acid groups (broad SMARTS) is 1. The molecule has 0 radical (unpaired) electrons. The van der Waals surface area contributed by atoms with Gasteiger partial charge in [-0.2, -0.15) is 18.2 Å². The van der Waals surface area contributed by atoms with Crippen molar-refractivity contribution < 1.29 is 27.6 Å². The number of nitrogens with one attached hydrogen (secondary N) is 1. The van der Waals surface area contributed by atoms with Gasteiger partial charge in [-0.15, -0.1) is 0 Å². The molecule has 0 bridgehead atoms. The number of hydrogen-bond donors (Lipinski definition) is 2. The van der Waals surface area contributed by atoms with Gasteiger partial charge in [0.25, 0.3) is 0 Å². The van der Waals surface area contributed by atoms with Crippen LogP contribution in [0, 0.1) is 0 Å². The van der Waals surface area contributed by atoms with Crippen molar-refractivity contribution >= 4 is 11.8 Å². The number of amides is 1. The minimum absolute atomic E-state index is 0.174. The van der Waals surface area contributed by atoms with Crippen LogP contribution < -0.4 is 5.32 Å². The monoisotopic (exact) mass is 378 g/mol. The van der Waals surface area contributed by atoms with E-state index in [1.54, 1.807) is 42.6 Å². The molecule has 27 heavy (non-hydrogen) atoms. The molecule has 7 nitrogen and oxygen atoms in total. The molecule has 0 saturated carbocycles. The molecule has 0 aliphatic rings. The summed E-state index contributed by atoms with van der Waals surface area (Å²) in [6.07, 6.45) is -4.36. The molecule has 0 saturated heterocycles. The van der Waals surface area contributed by atoms with E-state index in [0.29, 0.717) is 16.9 Å². The van der Waals surface area contributed by atoms with Gasteiger partial charge in [0.15, 0.2) is 0 Å². The summed E-state index contributed by atoms with van der Waals surface area (Å²) in [6, 6.07) is 9.69. The van der Waals surface area contributed by atoms with E-state index in [2.05, 4.69) is 25.0 Å². The summed E-state index contributed by atoms with van der Waals surface area (Å²) in [7, 11) is 0. The SMILES string of the molecule is CC(c1ccc(-c2noc(C(F)(F)F)n2)cc1)c1ncccc1NC(=O)O. The average Bonchev–Trinajstić information content (AvgIpc) is 3.12. The van der Waals surface area contributed by atoms with Crippen molar-refractivity contribution in [3.63, 3.8) is 0 Å². The maximum Gasteiger partial charge on any atom is 0.471 e. The summed E-state index contributed by atoms with van der Waals surface area (Å²) >= 11 is 0. The van der Waals surface area contributed by atoms with Crippen LogP contribution in [-0.4, -0.2) is 26.3 Å². The number of hydrogen-bond acceptors (Lipinski definition) is 5. The number of pyridine rings is 1.